The van der Waals surface area contributed by atoms with Crippen LogP contribution >= 0.6 is 12.4 Å². The summed E-state index contributed by atoms with van der Waals surface area (Å²) in [4.78, 5) is 12.6. The summed E-state index contributed by atoms with van der Waals surface area (Å²) in [5.41, 5.74) is 6.04. The second kappa shape index (κ2) is 9.56. The van der Waals surface area contributed by atoms with Crippen molar-refractivity contribution in [2.24, 2.45) is 5.73 Å². The van der Waals surface area contributed by atoms with Crippen molar-refractivity contribution in [1.82, 2.24) is 0 Å². The Bertz CT molecular complexity index is 837. The predicted octanol–water partition coefficient (Wildman–Crippen LogP) is 2.88. The van der Waals surface area contributed by atoms with Gasteiger partial charge in [-0.05, 0) is 50.2 Å². The zero-order valence-electron chi connectivity index (χ0n) is 14.6. The number of nitrogens with one attached hydrogen (secondary N) is 1. The zero-order chi connectivity index (χ0) is 18.4. The molecule has 2 rings (SSSR count). The van der Waals surface area contributed by atoms with E-state index in [-0.39, 0.29) is 22.9 Å². The number of ether oxygens (including phenoxy) is 1. The largest absolute Gasteiger partial charge is 0.492 e. The van der Waals surface area contributed by atoms with E-state index < -0.39 is 21.0 Å². The number of nitrogens with two attached hydrogens (primary N) is 1. The molecule has 0 bridgehead atoms. The lowest BCUT2D eigenvalue weighted by molar-refractivity contribution is 0.102. The molecular weight excluding hydrogens is 376 g/mol. The van der Waals surface area contributed by atoms with E-state index in [0.717, 1.165) is 0 Å². The van der Waals surface area contributed by atoms with Crippen LogP contribution in [0.15, 0.2) is 53.4 Å². The van der Waals surface area contributed by atoms with Gasteiger partial charge in [0, 0.05) is 12.2 Å². The molecule has 1 amide bonds. The lowest BCUT2D eigenvalue weighted by Gasteiger charge is -2.13. The summed E-state index contributed by atoms with van der Waals surface area (Å²) < 4.78 is 30.3. The monoisotopic (exact) mass is 398 g/mol. The molecule has 3 N–H and O–H groups in total. The number of anilines is 1. The van der Waals surface area contributed by atoms with Crippen molar-refractivity contribution >= 4 is 33.8 Å². The average molecular weight is 399 g/mol. The van der Waals surface area contributed by atoms with Crippen LogP contribution in [-0.2, 0) is 9.84 Å². The molecule has 0 aliphatic heterocycles. The molecule has 0 saturated heterocycles. The van der Waals surface area contributed by atoms with Crippen LogP contribution in [0.3, 0.4) is 0 Å². The van der Waals surface area contributed by atoms with E-state index in [1.54, 1.807) is 50.2 Å². The smallest absolute Gasteiger partial charge is 0.256 e. The van der Waals surface area contributed by atoms with Crippen molar-refractivity contribution in [3.63, 3.8) is 0 Å². The molecule has 0 fully saturated rings. The van der Waals surface area contributed by atoms with E-state index in [1.807, 2.05) is 0 Å². The SMILES string of the molecule is CC(C)S(=O)(=O)c1ccccc1C(=O)Nc1ccc(OCCN)cc1.Cl. The fraction of sp³-hybridized carbons (Fsp3) is 0.278. The molecule has 0 unspecified atom stereocenters. The highest BCUT2D eigenvalue weighted by atomic mass is 35.5. The van der Waals surface area contributed by atoms with Gasteiger partial charge in [0.1, 0.15) is 12.4 Å². The first-order valence-electron chi connectivity index (χ1n) is 7.93. The Balaban J connectivity index is 0.00000338. The van der Waals surface area contributed by atoms with Gasteiger partial charge >= 0.3 is 0 Å². The Hall–Kier alpha value is -2.09. The summed E-state index contributed by atoms with van der Waals surface area (Å²) in [6.45, 7) is 4.00. The summed E-state index contributed by atoms with van der Waals surface area (Å²) >= 11 is 0. The Kier molecular flexibility index (Phi) is 8.08. The van der Waals surface area contributed by atoms with Crippen molar-refractivity contribution in [3.8, 4) is 5.75 Å². The summed E-state index contributed by atoms with van der Waals surface area (Å²) in [5.74, 6) is 0.168. The van der Waals surface area contributed by atoms with Crippen LogP contribution in [0.5, 0.6) is 5.75 Å². The number of carbonyl (C=O) groups is 1. The molecule has 26 heavy (non-hydrogen) atoms. The van der Waals surface area contributed by atoms with Crippen molar-refractivity contribution < 1.29 is 17.9 Å². The summed E-state index contributed by atoms with van der Waals surface area (Å²) in [7, 11) is -3.55. The molecule has 0 aliphatic rings. The molecule has 2 aromatic carbocycles. The van der Waals surface area contributed by atoms with Crippen LogP contribution in [0.25, 0.3) is 0 Å². The summed E-state index contributed by atoms with van der Waals surface area (Å²) in [5, 5.41) is 2.10. The summed E-state index contributed by atoms with van der Waals surface area (Å²) in [6, 6.07) is 13.0. The number of benzene rings is 2. The van der Waals surface area contributed by atoms with Crippen LogP contribution < -0.4 is 15.8 Å². The molecule has 0 saturated carbocycles. The molecule has 6 nitrogen and oxygen atoms in total. The Morgan fingerprint density at radius 1 is 1.12 bits per heavy atom. The highest BCUT2D eigenvalue weighted by molar-refractivity contribution is 7.92. The molecular formula is C18H23ClN2O4S. The second-order valence-electron chi connectivity index (χ2n) is 5.71. The maximum absolute atomic E-state index is 12.5. The number of sulfone groups is 1. The third-order valence-corrected chi connectivity index (χ3v) is 5.77. The van der Waals surface area contributed by atoms with E-state index in [1.165, 1.54) is 12.1 Å². The zero-order valence-corrected chi connectivity index (χ0v) is 16.3. The van der Waals surface area contributed by atoms with Gasteiger partial charge in [-0.25, -0.2) is 8.42 Å². The van der Waals surface area contributed by atoms with E-state index in [2.05, 4.69) is 5.32 Å². The minimum atomic E-state index is -3.55. The van der Waals surface area contributed by atoms with E-state index in [9.17, 15) is 13.2 Å². The highest BCUT2D eigenvalue weighted by Crippen LogP contribution is 2.22. The lowest BCUT2D eigenvalue weighted by atomic mass is 10.2. The molecule has 0 heterocycles. The van der Waals surface area contributed by atoms with Crippen molar-refractivity contribution in [2.75, 3.05) is 18.5 Å². The highest BCUT2D eigenvalue weighted by Gasteiger charge is 2.25. The first-order valence-corrected chi connectivity index (χ1v) is 9.48. The molecule has 8 heteroatoms. The second-order valence-corrected chi connectivity index (χ2v) is 8.18. The molecule has 142 valence electrons. The number of rotatable bonds is 7. The van der Waals surface area contributed by atoms with Crippen LogP contribution in [0.1, 0.15) is 24.2 Å². The normalized spacial score (nSPS) is 10.9. The molecule has 0 aromatic heterocycles. The Labute approximate surface area is 160 Å². The number of halogens is 1. The van der Waals surface area contributed by atoms with Gasteiger partial charge in [-0.2, -0.15) is 0 Å². The quantitative estimate of drug-likeness (QED) is 0.747. The fourth-order valence-electron chi connectivity index (χ4n) is 2.17. The molecule has 0 radical (unpaired) electrons. The van der Waals surface area contributed by atoms with E-state index in [4.69, 9.17) is 10.5 Å². The first kappa shape index (κ1) is 22.0. The Morgan fingerprint density at radius 2 is 1.73 bits per heavy atom. The molecule has 0 spiro atoms. The predicted molar refractivity (Wildman–Crippen MR) is 105 cm³/mol. The van der Waals surface area contributed by atoms with E-state index >= 15 is 0 Å². The maximum atomic E-state index is 12.5. The minimum absolute atomic E-state index is 0. The first-order chi connectivity index (χ1) is 11.9. The van der Waals surface area contributed by atoms with Crippen molar-refractivity contribution in [3.05, 3.63) is 54.1 Å². The van der Waals surface area contributed by atoms with Gasteiger partial charge in [-0.1, -0.05) is 12.1 Å². The van der Waals surface area contributed by atoms with Crippen molar-refractivity contribution in [1.29, 1.82) is 0 Å². The standard InChI is InChI=1S/C18H22N2O4S.ClH/c1-13(2)25(22,23)17-6-4-3-5-16(17)18(21)20-14-7-9-15(10-8-14)24-12-11-19;/h3-10,13H,11-12,19H2,1-2H3,(H,20,21);1H. The van der Waals surface area contributed by atoms with Gasteiger partial charge in [-0.3, -0.25) is 4.79 Å². The average Bonchev–Trinajstić information content (AvgIpc) is 2.61. The number of hydrogen-bond acceptors (Lipinski definition) is 5. The molecule has 2 aromatic rings. The van der Waals surface area contributed by atoms with Gasteiger partial charge in [0.25, 0.3) is 5.91 Å². The number of amides is 1. The third-order valence-electron chi connectivity index (χ3n) is 3.56. The van der Waals surface area contributed by atoms with Crippen molar-refractivity contribution in [2.45, 2.75) is 24.0 Å². The number of carbonyl (C=O) groups excluding carboxylic acids is 1. The lowest BCUT2D eigenvalue weighted by Crippen LogP contribution is -2.20. The van der Waals surface area contributed by atoms with Crippen LogP contribution in [0.4, 0.5) is 5.69 Å². The molecule has 0 aliphatic carbocycles. The van der Waals surface area contributed by atoms with E-state index in [0.29, 0.717) is 24.6 Å². The third kappa shape index (κ3) is 5.20. The van der Waals surface area contributed by atoms with Gasteiger partial charge < -0.3 is 15.8 Å². The van der Waals surface area contributed by atoms with Crippen LogP contribution in [-0.4, -0.2) is 32.7 Å². The Morgan fingerprint density at radius 3 is 2.31 bits per heavy atom. The minimum Gasteiger partial charge on any atom is -0.492 e. The fourth-order valence-corrected chi connectivity index (χ4v) is 3.41. The van der Waals surface area contributed by atoms with Crippen LogP contribution in [0.2, 0.25) is 0 Å². The van der Waals surface area contributed by atoms with Crippen LogP contribution in [0, 0.1) is 0 Å². The van der Waals surface area contributed by atoms with Gasteiger partial charge in [0.05, 0.1) is 15.7 Å². The van der Waals surface area contributed by atoms with Gasteiger partial charge in [-0.15, -0.1) is 12.4 Å². The number of hydrogen-bond donors (Lipinski definition) is 2. The topological polar surface area (TPSA) is 98.5 Å². The maximum Gasteiger partial charge on any atom is 0.256 e. The summed E-state index contributed by atoms with van der Waals surface area (Å²) in [6.07, 6.45) is 0. The van der Waals surface area contributed by atoms with Gasteiger partial charge in [0.15, 0.2) is 9.84 Å². The van der Waals surface area contributed by atoms with Gasteiger partial charge in [0.2, 0.25) is 0 Å². The molecule has 0 atom stereocenters.